The minimum absolute atomic E-state index is 0.386. The molecule has 14 heavy (non-hydrogen) atoms. The summed E-state index contributed by atoms with van der Waals surface area (Å²) in [4.78, 5) is 4.03. The van der Waals surface area contributed by atoms with E-state index in [4.69, 9.17) is 10.1 Å². The van der Waals surface area contributed by atoms with Gasteiger partial charge in [0.25, 0.3) is 0 Å². The monoisotopic (exact) mass is 192 g/mol. The Kier molecular flexibility index (Phi) is 4.69. The maximum atomic E-state index is 7.42. The first-order valence-electron chi connectivity index (χ1n) is 4.92. The second-order valence-corrected chi connectivity index (χ2v) is 3.07. The molecule has 0 spiro atoms. The van der Waals surface area contributed by atoms with Crippen molar-refractivity contribution in [3.05, 3.63) is 30.1 Å². The van der Waals surface area contributed by atoms with Crippen LogP contribution in [0, 0.1) is 5.41 Å². The summed E-state index contributed by atoms with van der Waals surface area (Å²) in [6, 6.07) is 3.99. The molecule has 76 valence electrons. The molecule has 3 heteroatoms. The van der Waals surface area contributed by atoms with Crippen LogP contribution in [0.2, 0.25) is 0 Å². The van der Waals surface area contributed by atoms with E-state index in [0.717, 1.165) is 12.8 Å². The van der Waals surface area contributed by atoms with Crippen molar-refractivity contribution in [1.29, 1.82) is 5.41 Å². The van der Waals surface area contributed by atoms with Crippen LogP contribution in [0.15, 0.2) is 24.5 Å². The number of nitrogens with zero attached hydrogens (tertiary/aromatic N) is 1. The molecule has 0 bridgehead atoms. The number of aromatic nitrogens is 1. The highest BCUT2D eigenvalue weighted by Crippen LogP contribution is 2.03. The highest BCUT2D eigenvalue weighted by Gasteiger charge is 1.97. The smallest absolute Gasteiger partial charge is 0.180 e. The van der Waals surface area contributed by atoms with Gasteiger partial charge in [0, 0.05) is 18.8 Å². The first-order valence-corrected chi connectivity index (χ1v) is 4.92. The maximum Gasteiger partial charge on any atom is 0.180 e. The standard InChI is InChI=1S/C11H16N2O/c1-2-14-11(12)7-3-5-10-6-4-8-13-9-10/h4,6,8-9,12H,2-3,5,7H2,1H3. The van der Waals surface area contributed by atoms with Gasteiger partial charge >= 0.3 is 0 Å². The second kappa shape index (κ2) is 6.13. The molecule has 3 nitrogen and oxygen atoms in total. The predicted molar refractivity (Wildman–Crippen MR) is 56.5 cm³/mol. The zero-order valence-electron chi connectivity index (χ0n) is 8.49. The lowest BCUT2D eigenvalue weighted by Crippen LogP contribution is -2.03. The van der Waals surface area contributed by atoms with E-state index in [1.165, 1.54) is 5.56 Å². The van der Waals surface area contributed by atoms with Crippen LogP contribution in [0.3, 0.4) is 0 Å². The van der Waals surface area contributed by atoms with Crippen LogP contribution in [0.25, 0.3) is 0 Å². The maximum absolute atomic E-state index is 7.42. The van der Waals surface area contributed by atoms with E-state index in [1.54, 1.807) is 6.20 Å². The molecule has 0 atom stereocenters. The van der Waals surface area contributed by atoms with Crippen molar-refractivity contribution in [1.82, 2.24) is 4.98 Å². The summed E-state index contributed by atoms with van der Waals surface area (Å²) in [5.74, 6) is 0.386. The number of hydrogen-bond donors (Lipinski definition) is 1. The first-order chi connectivity index (χ1) is 6.83. The van der Waals surface area contributed by atoms with Gasteiger partial charge in [-0.15, -0.1) is 0 Å². The van der Waals surface area contributed by atoms with Crippen LogP contribution < -0.4 is 0 Å². The average molecular weight is 192 g/mol. The first kappa shape index (κ1) is 10.7. The van der Waals surface area contributed by atoms with E-state index in [2.05, 4.69) is 11.1 Å². The quantitative estimate of drug-likeness (QED) is 0.575. The van der Waals surface area contributed by atoms with Gasteiger partial charge in [-0.3, -0.25) is 10.4 Å². The van der Waals surface area contributed by atoms with Crippen molar-refractivity contribution in [3.8, 4) is 0 Å². The Morgan fingerprint density at radius 2 is 2.43 bits per heavy atom. The molecule has 1 aromatic heterocycles. The Bertz CT molecular complexity index is 272. The van der Waals surface area contributed by atoms with Gasteiger partial charge in [0.15, 0.2) is 5.90 Å². The topological polar surface area (TPSA) is 46.0 Å². The minimum atomic E-state index is 0.386. The predicted octanol–water partition coefficient (Wildman–Crippen LogP) is 2.42. The molecule has 0 aliphatic carbocycles. The van der Waals surface area contributed by atoms with Gasteiger partial charge in [0.05, 0.1) is 6.61 Å². The Hall–Kier alpha value is -1.38. The lowest BCUT2D eigenvalue weighted by Gasteiger charge is -2.04. The van der Waals surface area contributed by atoms with Crippen LogP contribution in [0.4, 0.5) is 0 Å². The van der Waals surface area contributed by atoms with Crippen molar-refractivity contribution >= 4 is 5.90 Å². The molecule has 0 aliphatic rings. The van der Waals surface area contributed by atoms with Gasteiger partial charge in [-0.1, -0.05) is 6.07 Å². The highest BCUT2D eigenvalue weighted by atomic mass is 16.5. The molecule has 0 saturated carbocycles. The molecule has 0 unspecified atom stereocenters. The van der Waals surface area contributed by atoms with Crippen LogP contribution >= 0.6 is 0 Å². The average Bonchev–Trinajstić information content (AvgIpc) is 2.20. The second-order valence-electron chi connectivity index (χ2n) is 3.07. The van der Waals surface area contributed by atoms with Crippen molar-refractivity contribution in [2.45, 2.75) is 26.2 Å². The van der Waals surface area contributed by atoms with Gasteiger partial charge in [0.1, 0.15) is 0 Å². The zero-order chi connectivity index (χ0) is 10.2. The summed E-state index contributed by atoms with van der Waals surface area (Å²) in [5.41, 5.74) is 1.22. The molecule has 1 heterocycles. The molecule has 1 aromatic rings. The fourth-order valence-electron chi connectivity index (χ4n) is 1.25. The molecule has 0 amide bonds. The molecule has 1 rings (SSSR count). The molecule has 0 aromatic carbocycles. The van der Waals surface area contributed by atoms with Crippen LogP contribution in [-0.4, -0.2) is 17.5 Å². The molecule has 0 saturated heterocycles. The van der Waals surface area contributed by atoms with Gasteiger partial charge in [-0.05, 0) is 31.4 Å². The summed E-state index contributed by atoms with van der Waals surface area (Å²) in [5, 5.41) is 7.42. The summed E-state index contributed by atoms with van der Waals surface area (Å²) in [6.45, 7) is 2.49. The van der Waals surface area contributed by atoms with E-state index in [0.29, 0.717) is 18.9 Å². The van der Waals surface area contributed by atoms with Crippen LogP contribution in [0.1, 0.15) is 25.3 Å². The summed E-state index contributed by atoms with van der Waals surface area (Å²) in [6.07, 6.45) is 6.26. The van der Waals surface area contributed by atoms with Gasteiger partial charge in [-0.25, -0.2) is 0 Å². The van der Waals surface area contributed by atoms with E-state index < -0.39 is 0 Å². The lowest BCUT2D eigenvalue weighted by atomic mass is 10.1. The van der Waals surface area contributed by atoms with E-state index >= 15 is 0 Å². The Morgan fingerprint density at radius 3 is 3.07 bits per heavy atom. The molecule has 0 aliphatic heterocycles. The number of aryl methyl sites for hydroxylation is 1. The third-order valence-corrected chi connectivity index (χ3v) is 1.91. The summed E-state index contributed by atoms with van der Waals surface area (Å²) >= 11 is 0. The minimum Gasteiger partial charge on any atom is -0.481 e. The third kappa shape index (κ3) is 4.03. The van der Waals surface area contributed by atoms with Gasteiger partial charge < -0.3 is 4.74 Å². The SMILES string of the molecule is CCOC(=N)CCCc1cccnc1. The molecule has 0 fully saturated rings. The van der Waals surface area contributed by atoms with Crippen molar-refractivity contribution < 1.29 is 4.74 Å². The van der Waals surface area contributed by atoms with Gasteiger partial charge in [-0.2, -0.15) is 0 Å². The van der Waals surface area contributed by atoms with E-state index in [9.17, 15) is 0 Å². The zero-order valence-corrected chi connectivity index (χ0v) is 8.49. The largest absolute Gasteiger partial charge is 0.481 e. The van der Waals surface area contributed by atoms with Crippen LogP contribution in [-0.2, 0) is 11.2 Å². The normalized spacial score (nSPS) is 9.79. The molecule has 1 N–H and O–H groups in total. The number of ether oxygens (including phenoxy) is 1. The van der Waals surface area contributed by atoms with Crippen molar-refractivity contribution in [2.75, 3.05) is 6.61 Å². The Morgan fingerprint density at radius 1 is 1.57 bits per heavy atom. The summed E-state index contributed by atoms with van der Waals surface area (Å²) < 4.78 is 5.05. The van der Waals surface area contributed by atoms with Crippen molar-refractivity contribution in [2.24, 2.45) is 0 Å². The lowest BCUT2D eigenvalue weighted by molar-refractivity contribution is 0.313. The van der Waals surface area contributed by atoms with E-state index in [1.807, 2.05) is 19.2 Å². The Balaban J connectivity index is 2.19. The number of rotatable bonds is 5. The third-order valence-electron chi connectivity index (χ3n) is 1.91. The fourth-order valence-corrected chi connectivity index (χ4v) is 1.25. The van der Waals surface area contributed by atoms with Crippen molar-refractivity contribution in [3.63, 3.8) is 0 Å². The summed E-state index contributed by atoms with van der Waals surface area (Å²) in [7, 11) is 0. The molecular formula is C11H16N2O. The number of pyridine rings is 1. The number of nitrogens with one attached hydrogen (secondary N) is 1. The fraction of sp³-hybridized carbons (Fsp3) is 0.455. The molecule has 0 radical (unpaired) electrons. The van der Waals surface area contributed by atoms with E-state index in [-0.39, 0.29) is 0 Å². The van der Waals surface area contributed by atoms with Crippen LogP contribution in [0.5, 0.6) is 0 Å². The highest BCUT2D eigenvalue weighted by molar-refractivity contribution is 5.72. The number of hydrogen-bond acceptors (Lipinski definition) is 3. The Labute approximate surface area is 84.6 Å². The molecular weight excluding hydrogens is 176 g/mol. The van der Waals surface area contributed by atoms with Gasteiger partial charge in [0.2, 0.25) is 0 Å².